The molecular formula is C25H25FN10O2. The Balaban J connectivity index is 1.07. The number of carbonyl (C=O) groups is 1. The number of hydrogen-bond donors (Lipinski definition) is 3. The van der Waals surface area contributed by atoms with Gasteiger partial charge in [0.25, 0.3) is 0 Å². The monoisotopic (exact) mass is 516 g/mol. The predicted molar refractivity (Wildman–Crippen MR) is 132 cm³/mol. The van der Waals surface area contributed by atoms with Crippen molar-refractivity contribution in [1.29, 1.82) is 5.26 Å². The SMILES string of the molecule is Cn1nccc1-c1cnc(Nc2cc([C@H]3CC[C@@H](OC(=O)NC45CC(C4)C5)[C@H]3F)[nH]n2)n2cc(C#N)nc12. The number of halogens is 1. The van der Waals surface area contributed by atoms with Gasteiger partial charge < -0.3 is 15.4 Å². The van der Waals surface area contributed by atoms with Gasteiger partial charge in [0.15, 0.2) is 17.2 Å². The van der Waals surface area contributed by atoms with Crippen molar-refractivity contribution < 1.29 is 13.9 Å². The average molecular weight is 517 g/mol. The van der Waals surface area contributed by atoms with Gasteiger partial charge in [-0.05, 0) is 44.1 Å². The van der Waals surface area contributed by atoms with Crippen molar-refractivity contribution in [1.82, 2.24) is 39.7 Å². The molecule has 12 nitrogen and oxygen atoms in total. The van der Waals surface area contributed by atoms with Crippen LogP contribution >= 0.6 is 0 Å². The van der Waals surface area contributed by atoms with Crippen LogP contribution in [0, 0.1) is 17.2 Å². The first-order valence-corrected chi connectivity index (χ1v) is 12.6. The first-order chi connectivity index (χ1) is 18.4. The zero-order chi connectivity index (χ0) is 26.0. The van der Waals surface area contributed by atoms with Crippen LogP contribution in [0.25, 0.3) is 16.9 Å². The van der Waals surface area contributed by atoms with Gasteiger partial charge in [0.05, 0.1) is 17.5 Å². The van der Waals surface area contributed by atoms with Crippen molar-refractivity contribution in [2.75, 3.05) is 5.32 Å². The molecule has 0 aliphatic heterocycles. The Hall–Kier alpha value is -4.47. The molecule has 4 saturated carbocycles. The third-order valence-corrected chi connectivity index (χ3v) is 8.11. The van der Waals surface area contributed by atoms with Crippen LogP contribution in [0.3, 0.4) is 0 Å². The summed E-state index contributed by atoms with van der Waals surface area (Å²) in [6.45, 7) is 0. The van der Waals surface area contributed by atoms with Gasteiger partial charge in [-0.1, -0.05) is 0 Å². The molecule has 3 N–H and O–H groups in total. The number of aromatic nitrogens is 7. The van der Waals surface area contributed by atoms with Crippen molar-refractivity contribution in [3.05, 3.63) is 42.1 Å². The summed E-state index contributed by atoms with van der Waals surface area (Å²) >= 11 is 0. The van der Waals surface area contributed by atoms with Gasteiger partial charge in [-0.15, -0.1) is 0 Å². The number of nitriles is 1. The molecule has 4 fully saturated rings. The normalized spacial score (nSPS) is 27.4. The van der Waals surface area contributed by atoms with Crippen LogP contribution in [0.2, 0.25) is 0 Å². The summed E-state index contributed by atoms with van der Waals surface area (Å²) in [4.78, 5) is 21.3. The van der Waals surface area contributed by atoms with Crippen LogP contribution in [0.1, 0.15) is 49.4 Å². The largest absolute Gasteiger partial charge is 0.443 e. The maximum Gasteiger partial charge on any atom is 0.407 e. The number of aromatic amines is 1. The van der Waals surface area contributed by atoms with E-state index < -0.39 is 24.3 Å². The maximum absolute atomic E-state index is 15.3. The fourth-order valence-corrected chi connectivity index (χ4v) is 6.03. The molecular weight excluding hydrogens is 491 g/mol. The molecule has 0 spiro atoms. The van der Waals surface area contributed by atoms with Crippen molar-refractivity contribution in [3.63, 3.8) is 0 Å². The number of carbonyl (C=O) groups excluding carboxylic acids is 1. The van der Waals surface area contributed by atoms with Crippen molar-refractivity contribution in [3.8, 4) is 17.3 Å². The Morgan fingerprint density at radius 3 is 2.89 bits per heavy atom. The van der Waals surface area contributed by atoms with E-state index in [0.29, 0.717) is 35.9 Å². The number of imidazole rings is 1. The molecule has 4 aromatic heterocycles. The van der Waals surface area contributed by atoms with E-state index in [2.05, 4.69) is 42.0 Å². The van der Waals surface area contributed by atoms with Gasteiger partial charge in [0.2, 0.25) is 5.95 Å². The molecule has 0 aromatic carbocycles. The van der Waals surface area contributed by atoms with Gasteiger partial charge in [0.1, 0.15) is 18.3 Å². The Kier molecular flexibility index (Phi) is 4.94. The Morgan fingerprint density at radius 2 is 2.18 bits per heavy atom. The quantitative estimate of drug-likeness (QED) is 0.353. The zero-order valence-corrected chi connectivity index (χ0v) is 20.6. The minimum atomic E-state index is -1.34. The smallest absolute Gasteiger partial charge is 0.407 e. The first kappa shape index (κ1) is 22.7. The Labute approximate surface area is 216 Å². The molecule has 8 rings (SSSR count). The molecule has 1 amide bonds. The molecule has 13 heteroatoms. The molecule has 38 heavy (non-hydrogen) atoms. The molecule has 194 valence electrons. The first-order valence-electron chi connectivity index (χ1n) is 12.6. The minimum Gasteiger partial charge on any atom is -0.443 e. The fraction of sp³-hybridized carbons (Fsp3) is 0.440. The molecule has 4 aromatic rings. The van der Waals surface area contributed by atoms with Crippen LogP contribution in [0.5, 0.6) is 0 Å². The number of hydrogen-bond acceptors (Lipinski definition) is 8. The second-order valence-electron chi connectivity index (χ2n) is 10.6. The van der Waals surface area contributed by atoms with E-state index >= 15 is 4.39 Å². The van der Waals surface area contributed by atoms with Crippen molar-refractivity contribution in [2.45, 2.75) is 55.8 Å². The topological polar surface area (TPSA) is 151 Å². The van der Waals surface area contributed by atoms with E-state index in [9.17, 15) is 10.1 Å². The van der Waals surface area contributed by atoms with Crippen LogP contribution in [-0.4, -0.2) is 58.3 Å². The highest BCUT2D eigenvalue weighted by atomic mass is 19.1. The second-order valence-corrected chi connectivity index (χ2v) is 10.6. The third-order valence-electron chi connectivity index (χ3n) is 8.11. The number of ether oxygens (including phenoxy) is 1. The molecule has 4 heterocycles. The number of fused-ring (bicyclic) bond motifs is 1. The highest BCUT2D eigenvalue weighted by molar-refractivity contribution is 5.77. The van der Waals surface area contributed by atoms with E-state index in [4.69, 9.17) is 4.74 Å². The number of aryl methyl sites for hydroxylation is 1. The van der Waals surface area contributed by atoms with Crippen LogP contribution in [0.4, 0.5) is 21.0 Å². The van der Waals surface area contributed by atoms with E-state index in [1.165, 1.54) is 0 Å². The lowest BCUT2D eigenvalue weighted by atomic mass is 9.50. The second kappa shape index (κ2) is 8.27. The summed E-state index contributed by atoms with van der Waals surface area (Å²) in [6.07, 6.45) is 6.26. The van der Waals surface area contributed by atoms with Gasteiger partial charge in [-0.3, -0.25) is 14.2 Å². The van der Waals surface area contributed by atoms with Gasteiger partial charge in [-0.25, -0.2) is 19.2 Å². The lowest BCUT2D eigenvalue weighted by Crippen LogP contribution is -2.68. The summed E-state index contributed by atoms with van der Waals surface area (Å²) in [5.41, 5.74) is 2.80. The average Bonchev–Trinajstić information content (AvgIpc) is 3.64. The Bertz CT molecular complexity index is 1580. The number of nitrogens with zero attached hydrogens (tertiary/aromatic N) is 7. The number of alkyl carbamates (subject to hydrolysis) is 1. The van der Waals surface area contributed by atoms with Crippen LogP contribution in [-0.2, 0) is 11.8 Å². The van der Waals surface area contributed by atoms with E-state index in [1.807, 2.05) is 13.1 Å². The third kappa shape index (κ3) is 3.59. The summed E-state index contributed by atoms with van der Waals surface area (Å²) in [5, 5.41) is 26.9. The predicted octanol–water partition coefficient (Wildman–Crippen LogP) is 3.33. The Morgan fingerprint density at radius 1 is 1.34 bits per heavy atom. The number of H-pyrrole nitrogens is 1. The number of anilines is 2. The van der Waals surface area contributed by atoms with E-state index in [1.54, 1.807) is 33.7 Å². The number of nitrogens with one attached hydrogen (secondary N) is 3. The molecule has 0 saturated heterocycles. The highest BCUT2D eigenvalue weighted by Gasteiger charge is 2.58. The fourth-order valence-electron chi connectivity index (χ4n) is 6.03. The summed E-state index contributed by atoms with van der Waals surface area (Å²) < 4.78 is 24.1. The summed E-state index contributed by atoms with van der Waals surface area (Å²) in [6, 6.07) is 5.64. The maximum atomic E-state index is 15.3. The lowest BCUT2D eigenvalue weighted by molar-refractivity contribution is -0.0532. The molecule has 4 aliphatic rings. The number of alkyl halides is 1. The van der Waals surface area contributed by atoms with Crippen molar-refractivity contribution in [2.24, 2.45) is 13.0 Å². The summed E-state index contributed by atoms with van der Waals surface area (Å²) in [7, 11) is 1.82. The molecule has 3 atom stereocenters. The van der Waals surface area contributed by atoms with E-state index in [0.717, 1.165) is 36.4 Å². The number of rotatable bonds is 6. The van der Waals surface area contributed by atoms with E-state index in [-0.39, 0.29) is 11.2 Å². The lowest BCUT2D eigenvalue weighted by Gasteiger charge is -2.61. The van der Waals surface area contributed by atoms with Gasteiger partial charge in [0, 0.05) is 42.7 Å². The summed E-state index contributed by atoms with van der Waals surface area (Å²) in [5.74, 6) is 1.10. The highest BCUT2D eigenvalue weighted by Crippen LogP contribution is 2.57. The molecule has 0 unspecified atom stereocenters. The van der Waals surface area contributed by atoms with Gasteiger partial charge >= 0.3 is 6.09 Å². The van der Waals surface area contributed by atoms with Crippen LogP contribution in [0.15, 0.2) is 30.7 Å². The van der Waals surface area contributed by atoms with Gasteiger partial charge in [-0.2, -0.15) is 15.5 Å². The molecule has 2 bridgehead atoms. The van der Waals surface area contributed by atoms with Crippen LogP contribution < -0.4 is 10.6 Å². The van der Waals surface area contributed by atoms with Crippen molar-refractivity contribution >= 4 is 23.5 Å². The molecule has 4 aliphatic carbocycles. The molecule has 0 radical (unpaired) electrons. The zero-order valence-electron chi connectivity index (χ0n) is 20.6. The minimum absolute atomic E-state index is 0.103. The standard InChI is InChI=1S/C25H25FN10O2/c1-35-18(4-5-29-35)16-11-28-23(36-12-14(10-27)30-22(16)36)31-20-6-17(33-34-20)15-2-3-19(21(15)26)38-24(37)32-25-7-13(8-25)9-25/h4-6,11-13,15,19,21H,2-3,7-9H2,1H3,(H,32,37)(H2,28,31,33,34)/t13?,15-,19-,21+,25?/m1/s1. The number of amides is 1.